The Bertz CT molecular complexity index is 497. The maximum atomic E-state index is 8.16. The van der Waals surface area contributed by atoms with Crippen LogP contribution in [0.1, 0.15) is 0 Å². The second-order valence-electron chi connectivity index (χ2n) is 2.12. The van der Waals surface area contributed by atoms with Crippen LogP contribution in [0.25, 0.3) is 16.1 Å². The molecule has 0 aliphatic carbocycles. The van der Waals surface area contributed by atoms with Crippen LogP contribution in [0.3, 0.4) is 0 Å². The minimum absolute atomic E-state index is 0.130. The van der Waals surface area contributed by atoms with Crippen LogP contribution >= 0.6 is 11.6 Å². The highest BCUT2D eigenvalue weighted by Crippen LogP contribution is 2.12. The number of azide groups is 1. The Hall–Kier alpha value is -1.85. The lowest BCUT2D eigenvalue weighted by molar-refractivity contribution is 0.924. The molecule has 2 aromatic rings. The Labute approximate surface area is 76.6 Å². The molecule has 0 N–H and O–H groups in total. The first-order valence-corrected chi connectivity index (χ1v) is 3.62. The molecule has 0 bridgehead atoms. The molecule has 64 valence electrons. The normalized spacial score (nSPS) is 9.92. The molecule has 0 saturated carbocycles. The number of hydrogen-bond donors (Lipinski definition) is 0. The van der Waals surface area contributed by atoms with Crippen LogP contribution < -0.4 is 0 Å². The lowest BCUT2D eigenvalue weighted by atomic mass is 10.5. The number of halogens is 1. The molecule has 0 aromatic carbocycles. The molecule has 7 nitrogen and oxygen atoms in total. The third-order valence-electron chi connectivity index (χ3n) is 1.36. The third kappa shape index (κ3) is 1.26. The minimum Gasteiger partial charge on any atom is -0.183 e. The van der Waals surface area contributed by atoms with Gasteiger partial charge in [0, 0.05) is 4.91 Å². The van der Waals surface area contributed by atoms with Crippen molar-refractivity contribution in [1.29, 1.82) is 0 Å². The van der Waals surface area contributed by atoms with E-state index in [0.29, 0.717) is 5.65 Å². The number of nitrogens with zero attached hydrogens (tertiary/aromatic N) is 7. The summed E-state index contributed by atoms with van der Waals surface area (Å²) in [6.07, 6.45) is 0. The maximum Gasteiger partial charge on any atom is 0.246 e. The van der Waals surface area contributed by atoms with Gasteiger partial charge in [0.15, 0.2) is 5.65 Å². The van der Waals surface area contributed by atoms with Crippen molar-refractivity contribution in [1.82, 2.24) is 19.8 Å². The Kier molecular flexibility index (Phi) is 1.73. The molecule has 8 heteroatoms. The molecule has 13 heavy (non-hydrogen) atoms. The average Bonchev–Trinajstić information content (AvgIpc) is 2.49. The summed E-state index contributed by atoms with van der Waals surface area (Å²) in [5.74, 6) is 0.219. The van der Waals surface area contributed by atoms with E-state index in [1.165, 1.54) is 10.6 Å². The number of aromatic nitrogens is 4. The second kappa shape index (κ2) is 2.89. The molecule has 2 rings (SSSR count). The Morgan fingerprint density at radius 1 is 1.46 bits per heavy atom. The van der Waals surface area contributed by atoms with Crippen molar-refractivity contribution in [3.8, 4) is 0 Å². The van der Waals surface area contributed by atoms with Crippen LogP contribution in [0, 0.1) is 0 Å². The fourth-order valence-electron chi connectivity index (χ4n) is 0.852. The second-order valence-corrected chi connectivity index (χ2v) is 2.46. The van der Waals surface area contributed by atoms with Gasteiger partial charge in [0.1, 0.15) is 5.82 Å². The highest BCUT2D eigenvalue weighted by atomic mass is 35.5. The van der Waals surface area contributed by atoms with Gasteiger partial charge in [-0.3, -0.25) is 0 Å². The van der Waals surface area contributed by atoms with Gasteiger partial charge in [0.25, 0.3) is 0 Å². The van der Waals surface area contributed by atoms with E-state index in [0.717, 1.165) is 0 Å². The van der Waals surface area contributed by atoms with Crippen LogP contribution in [0.2, 0.25) is 5.28 Å². The lowest BCUT2D eigenvalue weighted by Crippen LogP contribution is -1.90. The van der Waals surface area contributed by atoms with Gasteiger partial charge >= 0.3 is 0 Å². The van der Waals surface area contributed by atoms with Crippen LogP contribution in [-0.4, -0.2) is 19.8 Å². The lowest BCUT2D eigenvalue weighted by Gasteiger charge is -1.92. The summed E-state index contributed by atoms with van der Waals surface area (Å²) in [5.41, 5.74) is 8.66. The molecule has 0 spiro atoms. The predicted octanol–water partition coefficient (Wildman–Crippen LogP) is 1.72. The fraction of sp³-hybridized carbons (Fsp3) is 0. The molecule has 0 radical (unpaired) electrons. The van der Waals surface area contributed by atoms with Gasteiger partial charge < -0.3 is 0 Å². The van der Waals surface area contributed by atoms with E-state index in [4.69, 9.17) is 17.1 Å². The quantitative estimate of drug-likeness (QED) is 0.394. The van der Waals surface area contributed by atoms with E-state index < -0.39 is 0 Å². The van der Waals surface area contributed by atoms with Crippen molar-refractivity contribution in [2.75, 3.05) is 0 Å². The van der Waals surface area contributed by atoms with E-state index >= 15 is 0 Å². The fourth-order valence-corrected chi connectivity index (χ4v) is 1.01. The van der Waals surface area contributed by atoms with Gasteiger partial charge in [-0.2, -0.15) is 9.61 Å². The first-order valence-electron chi connectivity index (χ1n) is 3.24. The van der Waals surface area contributed by atoms with Crippen molar-refractivity contribution in [3.63, 3.8) is 0 Å². The van der Waals surface area contributed by atoms with Gasteiger partial charge in [-0.05, 0) is 34.4 Å². The number of fused-ring (bicyclic) bond motifs is 1. The summed E-state index contributed by atoms with van der Waals surface area (Å²) in [7, 11) is 0. The molecule has 0 fully saturated rings. The van der Waals surface area contributed by atoms with Crippen LogP contribution in [0.15, 0.2) is 17.2 Å². The largest absolute Gasteiger partial charge is 0.246 e. The zero-order valence-corrected chi connectivity index (χ0v) is 6.92. The number of rotatable bonds is 1. The highest BCUT2D eigenvalue weighted by molar-refractivity contribution is 6.28. The van der Waals surface area contributed by atoms with E-state index in [1.807, 2.05) is 0 Å². The molecule has 0 aliphatic rings. The standard InChI is InChI=1S/C5H2ClN7/c6-5-10-9-4-2-1-3(8-12-7)11-13(4)5/h1-2H. The smallest absolute Gasteiger partial charge is 0.183 e. The molecule has 0 aliphatic heterocycles. The van der Waals surface area contributed by atoms with Gasteiger partial charge in [0.05, 0.1) is 0 Å². The highest BCUT2D eigenvalue weighted by Gasteiger charge is 2.02. The maximum absolute atomic E-state index is 8.16. The van der Waals surface area contributed by atoms with Gasteiger partial charge in [-0.1, -0.05) is 0 Å². The molecule has 0 amide bonds. The van der Waals surface area contributed by atoms with Crippen LogP contribution in [-0.2, 0) is 0 Å². The number of hydrogen-bond acceptors (Lipinski definition) is 4. The first-order chi connectivity index (χ1) is 6.31. The van der Waals surface area contributed by atoms with E-state index in [1.54, 1.807) is 6.07 Å². The van der Waals surface area contributed by atoms with Gasteiger partial charge in [-0.15, -0.1) is 10.2 Å². The summed E-state index contributed by atoms with van der Waals surface area (Å²) in [6, 6.07) is 3.13. The molecule has 2 aromatic heterocycles. The van der Waals surface area contributed by atoms with Gasteiger partial charge in [0.2, 0.25) is 5.28 Å². The zero-order valence-electron chi connectivity index (χ0n) is 6.16. The molecule has 2 heterocycles. The molecular weight excluding hydrogens is 194 g/mol. The molecule has 0 atom stereocenters. The third-order valence-corrected chi connectivity index (χ3v) is 1.59. The summed E-state index contributed by atoms with van der Waals surface area (Å²) < 4.78 is 1.28. The van der Waals surface area contributed by atoms with Crippen molar-refractivity contribution in [2.45, 2.75) is 0 Å². The predicted molar refractivity (Wildman–Crippen MR) is 44.6 cm³/mol. The van der Waals surface area contributed by atoms with Crippen LogP contribution in [0.5, 0.6) is 0 Å². The van der Waals surface area contributed by atoms with Crippen molar-refractivity contribution >= 4 is 23.1 Å². The van der Waals surface area contributed by atoms with Gasteiger partial charge in [-0.25, -0.2) is 0 Å². The Morgan fingerprint density at radius 2 is 2.31 bits per heavy atom. The monoisotopic (exact) mass is 195 g/mol. The first kappa shape index (κ1) is 7.78. The summed E-state index contributed by atoms with van der Waals surface area (Å²) in [5, 5.41) is 14.6. The van der Waals surface area contributed by atoms with Crippen LogP contribution in [0.4, 0.5) is 5.82 Å². The molecule has 0 unspecified atom stereocenters. The van der Waals surface area contributed by atoms with Crippen molar-refractivity contribution in [2.24, 2.45) is 5.11 Å². The Balaban J connectivity index is 2.72. The Morgan fingerprint density at radius 3 is 3.08 bits per heavy atom. The topological polar surface area (TPSA) is 91.8 Å². The zero-order chi connectivity index (χ0) is 9.26. The molecule has 0 saturated heterocycles. The summed E-state index contributed by atoms with van der Waals surface area (Å²) >= 11 is 5.64. The van der Waals surface area contributed by atoms with Crippen molar-refractivity contribution in [3.05, 3.63) is 27.9 Å². The minimum atomic E-state index is 0.130. The van der Waals surface area contributed by atoms with E-state index in [2.05, 4.69) is 25.3 Å². The average molecular weight is 196 g/mol. The van der Waals surface area contributed by atoms with E-state index in [-0.39, 0.29) is 11.1 Å². The van der Waals surface area contributed by atoms with E-state index in [9.17, 15) is 0 Å². The molecular formula is C5H2ClN7. The van der Waals surface area contributed by atoms with Crippen molar-refractivity contribution < 1.29 is 0 Å². The SMILES string of the molecule is [N-]=[N+]=Nc1ccc2nnc(Cl)n2n1. The summed E-state index contributed by atoms with van der Waals surface area (Å²) in [4.78, 5) is 2.59. The summed E-state index contributed by atoms with van der Waals surface area (Å²) in [6.45, 7) is 0.